The van der Waals surface area contributed by atoms with E-state index < -0.39 is 5.97 Å². The third kappa shape index (κ3) is 6.53. The molecule has 1 aliphatic heterocycles. The van der Waals surface area contributed by atoms with Gasteiger partial charge >= 0.3 is 5.97 Å². The number of fused-ring (bicyclic) bond motifs is 1. The number of esters is 1. The van der Waals surface area contributed by atoms with Gasteiger partial charge in [0, 0.05) is 30.4 Å². The summed E-state index contributed by atoms with van der Waals surface area (Å²) in [6, 6.07) is 22.3. The largest absolute Gasteiger partial charge is 0.462 e. The van der Waals surface area contributed by atoms with Crippen LogP contribution in [0.15, 0.2) is 72.8 Å². The van der Waals surface area contributed by atoms with Crippen LogP contribution in [0.4, 0.5) is 17.1 Å². The summed E-state index contributed by atoms with van der Waals surface area (Å²) in [4.78, 5) is 41.6. The number of nitrogens with zero attached hydrogens (tertiary/aromatic N) is 2. The highest BCUT2D eigenvalue weighted by Gasteiger charge is 2.29. The monoisotopic (exact) mass is 526 g/mol. The fourth-order valence-corrected chi connectivity index (χ4v) is 4.53. The normalized spacial score (nSPS) is 13.5. The molecule has 1 aliphatic rings. The van der Waals surface area contributed by atoms with Crippen LogP contribution in [-0.2, 0) is 14.3 Å². The van der Waals surface area contributed by atoms with Crippen LogP contribution in [0.5, 0.6) is 0 Å². The lowest BCUT2D eigenvalue weighted by atomic mass is 9.99. The number of amides is 2. The number of ether oxygens (including phenoxy) is 1. The second-order valence-corrected chi connectivity index (χ2v) is 9.55. The lowest BCUT2D eigenvalue weighted by Crippen LogP contribution is -2.31. The van der Waals surface area contributed by atoms with E-state index in [2.05, 4.69) is 15.5 Å². The Morgan fingerprint density at radius 2 is 1.64 bits per heavy atom. The maximum Gasteiger partial charge on any atom is 0.338 e. The Kier molecular flexibility index (Phi) is 8.78. The van der Waals surface area contributed by atoms with Crippen LogP contribution in [0.25, 0.3) is 11.3 Å². The average Bonchev–Trinajstić information content (AvgIpc) is 3.25. The van der Waals surface area contributed by atoms with E-state index in [4.69, 9.17) is 4.74 Å². The Morgan fingerprint density at radius 3 is 2.28 bits per heavy atom. The molecule has 8 heteroatoms. The quantitative estimate of drug-likeness (QED) is 0.282. The summed E-state index contributed by atoms with van der Waals surface area (Å²) in [7, 11) is 4.03. The van der Waals surface area contributed by atoms with Crippen molar-refractivity contribution >= 4 is 46.1 Å². The van der Waals surface area contributed by atoms with Crippen molar-refractivity contribution in [3.05, 3.63) is 89.5 Å². The van der Waals surface area contributed by atoms with Crippen molar-refractivity contribution in [2.75, 3.05) is 49.3 Å². The zero-order chi connectivity index (χ0) is 27.9. The smallest absolute Gasteiger partial charge is 0.338 e. The van der Waals surface area contributed by atoms with Gasteiger partial charge in [0.15, 0.2) is 0 Å². The van der Waals surface area contributed by atoms with E-state index in [1.165, 1.54) is 0 Å². The average molecular weight is 527 g/mol. The van der Waals surface area contributed by atoms with Crippen LogP contribution < -0.4 is 15.5 Å². The van der Waals surface area contributed by atoms with E-state index in [-0.39, 0.29) is 18.4 Å². The number of hydrogen-bond donors (Lipinski definition) is 2. The van der Waals surface area contributed by atoms with Crippen molar-refractivity contribution in [2.45, 2.75) is 20.3 Å². The number of anilines is 3. The second kappa shape index (κ2) is 12.4. The first kappa shape index (κ1) is 27.6. The molecule has 0 fully saturated rings. The van der Waals surface area contributed by atoms with Crippen molar-refractivity contribution in [1.29, 1.82) is 0 Å². The maximum atomic E-state index is 13.2. The molecular formula is C31H34N4O4. The van der Waals surface area contributed by atoms with Gasteiger partial charge in [-0.05, 0) is 75.9 Å². The van der Waals surface area contributed by atoms with Gasteiger partial charge in [0.25, 0.3) is 5.91 Å². The minimum atomic E-state index is -0.435. The highest BCUT2D eigenvalue weighted by atomic mass is 16.5. The first-order valence-electron chi connectivity index (χ1n) is 13.0. The molecule has 2 N–H and O–H groups in total. The van der Waals surface area contributed by atoms with E-state index in [1.807, 2.05) is 68.7 Å². The molecule has 0 unspecified atom stereocenters. The molecule has 3 aromatic carbocycles. The van der Waals surface area contributed by atoms with Crippen LogP contribution >= 0.6 is 0 Å². The summed E-state index contributed by atoms with van der Waals surface area (Å²) >= 11 is 0. The molecular weight excluding hydrogens is 492 g/mol. The van der Waals surface area contributed by atoms with Crippen molar-refractivity contribution in [3.8, 4) is 0 Å². The number of carbonyl (C=O) groups excluding carboxylic acids is 3. The van der Waals surface area contributed by atoms with Gasteiger partial charge in [0.1, 0.15) is 0 Å². The lowest BCUT2D eigenvalue weighted by Gasteiger charge is -2.23. The molecule has 0 radical (unpaired) electrons. The third-order valence-electron chi connectivity index (χ3n) is 6.40. The van der Waals surface area contributed by atoms with E-state index in [1.54, 1.807) is 36.9 Å². The fourth-order valence-electron chi connectivity index (χ4n) is 4.53. The summed E-state index contributed by atoms with van der Waals surface area (Å²) < 4.78 is 5.11. The highest BCUT2D eigenvalue weighted by molar-refractivity contribution is 6.37. The molecule has 2 amide bonds. The molecule has 4 rings (SSSR count). The van der Waals surface area contributed by atoms with Crippen LogP contribution in [0, 0.1) is 0 Å². The van der Waals surface area contributed by atoms with Gasteiger partial charge < -0.3 is 25.2 Å². The molecule has 8 nitrogen and oxygen atoms in total. The van der Waals surface area contributed by atoms with E-state index in [9.17, 15) is 14.4 Å². The standard InChI is InChI=1S/C31H34N4O4/c1-5-39-31(38)23-12-17-26-27(20-23)33-30(37)28(26)29(22-10-7-6-8-11-22)32-24-13-15-25(16-14-24)35(21(2)36)19-9-18-34(3)4/h6-8,10-17,20,32H,5,9,18-19H2,1-4H3,(H,33,37)/b29-28+. The third-order valence-corrected chi connectivity index (χ3v) is 6.40. The molecule has 0 saturated carbocycles. The van der Waals surface area contributed by atoms with Gasteiger partial charge in [-0.25, -0.2) is 4.79 Å². The Bertz CT molecular complexity index is 1380. The SMILES string of the molecule is CCOC(=O)c1ccc2c(c1)NC(=O)/C2=C(/Nc1ccc(N(CCCN(C)C)C(C)=O)cc1)c1ccccc1. The minimum absolute atomic E-state index is 0.0111. The highest BCUT2D eigenvalue weighted by Crippen LogP contribution is 2.38. The number of hydrogen-bond acceptors (Lipinski definition) is 6. The second-order valence-electron chi connectivity index (χ2n) is 9.55. The zero-order valence-corrected chi connectivity index (χ0v) is 22.8. The van der Waals surface area contributed by atoms with Crippen molar-refractivity contribution in [3.63, 3.8) is 0 Å². The summed E-state index contributed by atoms with van der Waals surface area (Å²) in [5, 5.41) is 6.33. The van der Waals surface area contributed by atoms with Crippen LogP contribution in [0.2, 0.25) is 0 Å². The molecule has 1 heterocycles. The van der Waals surface area contributed by atoms with Crippen molar-refractivity contribution in [2.24, 2.45) is 0 Å². The minimum Gasteiger partial charge on any atom is -0.462 e. The number of nitrogens with one attached hydrogen (secondary N) is 2. The van der Waals surface area contributed by atoms with Crippen LogP contribution in [0.1, 0.15) is 41.8 Å². The predicted octanol–water partition coefficient (Wildman–Crippen LogP) is 5.10. The lowest BCUT2D eigenvalue weighted by molar-refractivity contribution is -0.116. The molecule has 0 aliphatic carbocycles. The van der Waals surface area contributed by atoms with E-state index in [0.29, 0.717) is 34.6 Å². The fraction of sp³-hybridized carbons (Fsp3) is 0.258. The Morgan fingerprint density at radius 1 is 0.923 bits per heavy atom. The maximum absolute atomic E-state index is 13.2. The van der Waals surface area contributed by atoms with Gasteiger partial charge in [0.05, 0.1) is 29.1 Å². The molecule has 0 bridgehead atoms. The van der Waals surface area contributed by atoms with E-state index in [0.717, 1.165) is 29.9 Å². The first-order valence-corrected chi connectivity index (χ1v) is 13.0. The van der Waals surface area contributed by atoms with Crippen LogP contribution in [0.3, 0.4) is 0 Å². The summed E-state index contributed by atoms with van der Waals surface area (Å²) in [5.74, 6) is -0.713. The van der Waals surface area contributed by atoms with Gasteiger partial charge in [-0.1, -0.05) is 36.4 Å². The molecule has 0 aromatic heterocycles. The van der Waals surface area contributed by atoms with Gasteiger partial charge in [0.2, 0.25) is 5.91 Å². The predicted molar refractivity (Wildman–Crippen MR) is 156 cm³/mol. The van der Waals surface area contributed by atoms with Crippen LogP contribution in [-0.4, -0.2) is 56.5 Å². The van der Waals surface area contributed by atoms with Crippen molar-refractivity contribution in [1.82, 2.24) is 4.90 Å². The summed E-state index contributed by atoms with van der Waals surface area (Å²) in [6.07, 6.45) is 0.864. The topological polar surface area (TPSA) is 91.0 Å². The van der Waals surface area contributed by atoms with E-state index >= 15 is 0 Å². The Hall–Kier alpha value is -4.43. The zero-order valence-electron chi connectivity index (χ0n) is 22.8. The summed E-state index contributed by atoms with van der Waals surface area (Å²) in [6.45, 7) is 5.12. The van der Waals surface area contributed by atoms with Crippen molar-refractivity contribution < 1.29 is 19.1 Å². The van der Waals surface area contributed by atoms with Gasteiger partial charge in [-0.3, -0.25) is 9.59 Å². The molecule has 202 valence electrons. The number of rotatable bonds is 10. The molecule has 0 atom stereocenters. The Labute approximate surface area is 229 Å². The molecule has 39 heavy (non-hydrogen) atoms. The first-order chi connectivity index (χ1) is 18.8. The number of carbonyl (C=O) groups is 3. The summed E-state index contributed by atoms with van der Waals surface area (Å²) in [5.41, 5.74) is 5.16. The molecule has 0 spiro atoms. The number of benzene rings is 3. The van der Waals surface area contributed by atoms with Gasteiger partial charge in [-0.2, -0.15) is 0 Å². The van der Waals surface area contributed by atoms with Gasteiger partial charge in [-0.15, -0.1) is 0 Å². The Balaban J connectivity index is 1.67. The molecule has 3 aromatic rings. The molecule has 0 saturated heterocycles.